The Kier molecular flexibility index (Phi) is 5.74. The minimum absolute atomic E-state index is 0.551. The van der Waals surface area contributed by atoms with Crippen LogP contribution in [-0.2, 0) is 6.42 Å². The molecule has 5 heteroatoms. The first-order chi connectivity index (χ1) is 9.66. The monoisotopic (exact) mass is 313 g/mol. The molecule has 0 saturated carbocycles. The van der Waals surface area contributed by atoms with Crippen LogP contribution in [0.1, 0.15) is 30.7 Å². The van der Waals surface area contributed by atoms with Crippen molar-refractivity contribution in [2.45, 2.75) is 32.6 Å². The molecule has 1 heterocycles. The summed E-state index contributed by atoms with van der Waals surface area (Å²) in [6, 6.07) is 7.32. The Bertz CT molecular complexity index is 534. The topological polar surface area (TPSA) is 35.3 Å². The third-order valence-electron chi connectivity index (χ3n) is 2.91. The quantitative estimate of drug-likeness (QED) is 0.668. The van der Waals surface area contributed by atoms with Gasteiger partial charge in [0.15, 0.2) is 5.75 Å². The lowest BCUT2D eigenvalue weighted by Crippen LogP contribution is -1.98. The maximum Gasteiger partial charge on any atom is 0.156 e. The molecule has 0 bridgehead atoms. The zero-order valence-electron chi connectivity index (χ0n) is 11.4. The summed E-state index contributed by atoms with van der Waals surface area (Å²) in [5.74, 6) is 1.51. The molecule has 1 aromatic carbocycles. The third-order valence-corrected chi connectivity index (χ3v) is 3.50. The van der Waals surface area contributed by atoms with Crippen LogP contribution in [0.5, 0.6) is 5.75 Å². The minimum Gasteiger partial charge on any atom is -0.490 e. The molecule has 0 fully saturated rings. The molecular formula is C15H17Cl2NO2. The van der Waals surface area contributed by atoms with Crippen LogP contribution in [0.3, 0.4) is 0 Å². The van der Waals surface area contributed by atoms with Gasteiger partial charge in [-0.1, -0.05) is 34.4 Å². The Balaban J connectivity index is 1.64. The standard InChI is InChI=1S/C15H17Cl2NO2/c1-11-10-12(20-18-11)6-3-2-4-9-19-15-13(16)7-5-8-14(15)17/h5,7-8,10H,2-4,6,9H2,1H3. The van der Waals surface area contributed by atoms with E-state index < -0.39 is 0 Å². The first-order valence-corrected chi connectivity index (χ1v) is 7.41. The van der Waals surface area contributed by atoms with Gasteiger partial charge in [-0.2, -0.15) is 0 Å². The lowest BCUT2D eigenvalue weighted by Gasteiger charge is -2.09. The summed E-state index contributed by atoms with van der Waals surface area (Å²) in [5, 5.41) is 4.96. The number of hydrogen-bond acceptors (Lipinski definition) is 3. The number of halogens is 2. The first-order valence-electron chi connectivity index (χ1n) is 6.66. The van der Waals surface area contributed by atoms with Crippen LogP contribution in [0, 0.1) is 6.92 Å². The van der Waals surface area contributed by atoms with Gasteiger partial charge in [0.25, 0.3) is 0 Å². The van der Waals surface area contributed by atoms with Gasteiger partial charge in [0, 0.05) is 12.5 Å². The number of aryl methyl sites for hydroxylation is 2. The summed E-state index contributed by atoms with van der Waals surface area (Å²) in [7, 11) is 0. The summed E-state index contributed by atoms with van der Waals surface area (Å²) < 4.78 is 10.8. The molecule has 2 aromatic rings. The highest BCUT2D eigenvalue weighted by atomic mass is 35.5. The summed E-state index contributed by atoms with van der Waals surface area (Å²) >= 11 is 12.0. The Labute approximate surface area is 128 Å². The highest BCUT2D eigenvalue weighted by Crippen LogP contribution is 2.32. The fourth-order valence-electron chi connectivity index (χ4n) is 1.91. The number of nitrogens with zero attached hydrogens (tertiary/aromatic N) is 1. The Hall–Kier alpha value is -1.19. The number of ether oxygens (including phenoxy) is 1. The van der Waals surface area contributed by atoms with Gasteiger partial charge < -0.3 is 9.26 Å². The van der Waals surface area contributed by atoms with Gasteiger partial charge >= 0.3 is 0 Å². The van der Waals surface area contributed by atoms with Gasteiger partial charge in [-0.3, -0.25) is 0 Å². The van der Waals surface area contributed by atoms with Crippen molar-refractivity contribution < 1.29 is 9.26 Å². The van der Waals surface area contributed by atoms with E-state index in [0.29, 0.717) is 22.4 Å². The van der Waals surface area contributed by atoms with E-state index in [1.807, 2.05) is 13.0 Å². The zero-order valence-corrected chi connectivity index (χ0v) is 12.9. The van der Waals surface area contributed by atoms with Crippen molar-refractivity contribution in [3.8, 4) is 5.75 Å². The maximum absolute atomic E-state index is 6.02. The van der Waals surface area contributed by atoms with Crippen molar-refractivity contribution in [2.75, 3.05) is 6.61 Å². The molecule has 20 heavy (non-hydrogen) atoms. The number of benzene rings is 1. The Morgan fingerprint density at radius 2 is 1.90 bits per heavy atom. The summed E-state index contributed by atoms with van der Waals surface area (Å²) in [5.41, 5.74) is 0.927. The molecule has 0 amide bonds. The molecule has 108 valence electrons. The molecule has 2 rings (SSSR count). The Morgan fingerprint density at radius 3 is 2.55 bits per heavy atom. The van der Waals surface area contributed by atoms with Crippen LogP contribution in [0.4, 0.5) is 0 Å². The Morgan fingerprint density at radius 1 is 1.15 bits per heavy atom. The van der Waals surface area contributed by atoms with Gasteiger partial charge in [0.1, 0.15) is 5.76 Å². The molecule has 3 nitrogen and oxygen atoms in total. The van der Waals surface area contributed by atoms with E-state index in [4.69, 9.17) is 32.5 Å². The average Bonchev–Trinajstić information content (AvgIpc) is 2.82. The highest BCUT2D eigenvalue weighted by molar-refractivity contribution is 6.37. The second-order valence-electron chi connectivity index (χ2n) is 4.64. The van der Waals surface area contributed by atoms with Gasteiger partial charge in [-0.15, -0.1) is 0 Å². The largest absolute Gasteiger partial charge is 0.490 e. The molecular weight excluding hydrogens is 297 g/mol. The third kappa shape index (κ3) is 4.43. The molecule has 0 aliphatic rings. The highest BCUT2D eigenvalue weighted by Gasteiger charge is 2.06. The van der Waals surface area contributed by atoms with E-state index in [-0.39, 0.29) is 0 Å². The second kappa shape index (κ2) is 7.55. The van der Waals surface area contributed by atoms with Crippen molar-refractivity contribution in [3.05, 3.63) is 45.8 Å². The van der Waals surface area contributed by atoms with E-state index in [1.54, 1.807) is 18.2 Å². The predicted molar refractivity (Wildman–Crippen MR) is 80.8 cm³/mol. The molecule has 0 aliphatic heterocycles. The van der Waals surface area contributed by atoms with E-state index in [2.05, 4.69) is 5.16 Å². The fraction of sp³-hybridized carbons (Fsp3) is 0.400. The summed E-state index contributed by atoms with van der Waals surface area (Å²) in [4.78, 5) is 0. The van der Waals surface area contributed by atoms with Crippen molar-refractivity contribution >= 4 is 23.2 Å². The van der Waals surface area contributed by atoms with Crippen molar-refractivity contribution in [2.24, 2.45) is 0 Å². The molecule has 0 aliphatic carbocycles. The van der Waals surface area contributed by atoms with Crippen LogP contribution >= 0.6 is 23.2 Å². The molecule has 1 aromatic heterocycles. The number of rotatable bonds is 7. The molecule has 0 atom stereocenters. The average molecular weight is 314 g/mol. The molecule has 0 saturated heterocycles. The number of para-hydroxylation sites is 1. The fourth-order valence-corrected chi connectivity index (χ4v) is 2.41. The first kappa shape index (κ1) is 15.2. The number of aromatic nitrogens is 1. The number of hydrogen-bond donors (Lipinski definition) is 0. The van der Waals surface area contributed by atoms with Crippen molar-refractivity contribution in [1.29, 1.82) is 0 Å². The van der Waals surface area contributed by atoms with E-state index in [1.165, 1.54) is 0 Å². The molecule has 0 spiro atoms. The van der Waals surface area contributed by atoms with Crippen LogP contribution < -0.4 is 4.74 Å². The van der Waals surface area contributed by atoms with Gasteiger partial charge in [0.2, 0.25) is 0 Å². The smallest absolute Gasteiger partial charge is 0.156 e. The zero-order chi connectivity index (χ0) is 14.4. The normalized spacial score (nSPS) is 10.8. The van der Waals surface area contributed by atoms with E-state index in [9.17, 15) is 0 Å². The predicted octanol–water partition coefficient (Wildman–Crippen LogP) is 5.08. The molecule has 0 N–H and O–H groups in total. The molecule has 0 unspecified atom stereocenters. The lowest BCUT2D eigenvalue weighted by molar-refractivity contribution is 0.303. The van der Waals surface area contributed by atoms with Gasteiger partial charge in [-0.25, -0.2) is 0 Å². The molecule has 0 radical (unpaired) electrons. The lowest BCUT2D eigenvalue weighted by atomic mass is 10.1. The van der Waals surface area contributed by atoms with E-state index in [0.717, 1.165) is 37.1 Å². The second-order valence-corrected chi connectivity index (χ2v) is 5.46. The van der Waals surface area contributed by atoms with Crippen LogP contribution in [0.2, 0.25) is 10.0 Å². The van der Waals surface area contributed by atoms with Crippen LogP contribution in [-0.4, -0.2) is 11.8 Å². The van der Waals surface area contributed by atoms with E-state index >= 15 is 0 Å². The minimum atomic E-state index is 0.551. The maximum atomic E-state index is 6.02. The summed E-state index contributed by atoms with van der Waals surface area (Å²) in [6.07, 6.45) is 3.97. The number of unbranched alkanes of at least 4 members (excludes halogenated alkanes) is 2. The SMILES string of the molecule is Cc1cc(CCCCCOc2c(Cl)cccc2Cl)on1. The van der Waals surface area contributed by atoms with Crippen molar-refractivity contribution in [1.82, 2.24) is 5.16 Å². The van der Waals surface area contributed by atoms with Crippen molar-refractivity contribution in [3.63, 3.8) is 0 Å². The van der Waals surface area contributed by atoms with Gasteiger partial charge in [0.05, 0.1) is 22.3 Å². The summed E-state index contributed by atoms with van der Waals surface area (Å²) in [6.45, 7) is 2.53. The van der Waals surface area contributed by atoms with Crippen LogP contribution in [0.25, 0.3) is 0 Å². The van der Waals surface area contributed by atoms with Gasteiger partial charge in [-0.05, 0) is 38.3 Å². The van der Waals surface area contributed by atoms with Crippen LogP contribution in [0.15, 0.2) is 28.8 Å².